The van der Waals surface area contributed by atoms with Gasteiger partial charge in [0.05, 0.1) is 53.2 Å². The molecule has 7 rings (SSSR count). The Balaban J connectivity index is 0.823. The number of hydrogen-bond donors (Lipinski definition) is 2. The van der Waals surface area contributed by atoms with Crippen molar-refractivity contribution in [3.63, 3.8) is 0 Å². The number of rotatable bonds is 16. The minimum Gasteiger partial charge on any atom is -0.495 e. The van der Waals surface area contributed by atoms with Gasteiger partial charge in [0, 0.05) is 79.9 Å². The lowest BCUT2D eigenvalue weighted by molar-refractivity contribution is -0.136. The van der Waals surface area contributed by atoms with E-state index in [0.717, 1.165) is 54.0 Å². The van der Waals surface area contributed by atoms with Gasteiger partial charge in [-0.2, -0.15) is 0 Å². The molecule has 17 heteroatoms. The van der Waals surface area contributed by atoms with Gasteiger partial charge < -0.3 is 24.4 Å². The number of anilines is 2. The molecule has 3 aromatic carbocycles. The Morgan fingerprint density at radius 1 is 0.898 bits per heavy atom. The number of fused-ring (bicyclic) bond motifs is 2. The SMILES string of the molecule is COc1cc(Nc2ccnc3cc(OCCCN4CCN(C(=O)CCCCSc5cccc6c5C(=O)N(C5CCC(=O)NC5=O)C6=O)CC4)c(OC)cc23)c(Cl)cc1Cl. The number of thioether (sulfide) groups is 1. The Morgan fingerprint density at radius 3 is 2.46 bits per heavy atom. The Bertz CT molecular complexity index is 2290. The van der Waals surface area contributed by atoms with Crippen LogP contribution in [0.4, 0.5) is 11.4 Å². The molecule has 1 aromatic heterocycles. The summed E-state index contributed by atoms with van der Waals surface area (Å²) in [6, 6.07) is 13.1. The third-order valence-electron chi connectivity index (χ3n) is 10.6. The first kappa shape index (κ1) is 42.0. The summed E-state index contributed by atoms with van der Waals surface area (Å²) in [6.45, 7) is 4.20. The van der Waals surface area contributed by atoms with Crippen molar-refractivity contribution < 1.29 is 38.2 Å². The number of imide groups is 2. The Kier molecular flexibility index (Phi) is 13.5. The summed E-state index contributed by atoms with van der Waals surface area (Å²) in [5.41, 5.74) is 2.69. The van der Waals surface area contributed by atoms with Crippen molar-refractivity contribution in [3.05, 3.63) is 75.9 Å². The van der Waals surface area contributed by atoms with E-state index in [1.165, 1.54) is 11.8 Å². The van der Waals surface area contributed by atoms with Gasteiger partial charge >= 0.3 is 0 Å². The van der Waals surface area contributed by atoms with Gasteiger partial charge in [0.1, 0.15) is 11.8 Å². The predicted octanol–water partition coefficient (Wildman–Crippen LogP) is 6.58. The number of unbranched alkanes of at least 4 members (excludes halogenated alkanes) is 1. The fourth-order valence-corrected chi connectivity index (χ4v) is 9.07. The number of nitrogens with one attached hydrogen (secondary N) is 2. The number of carbonyl (C=O) groups excluding carboxylic acids is 5. The fourth-order valence-electron chi connectivity index (χ4n) is 7.48. The standard InChI is InChI=1S/C42H44Cl2N6O8S/c1-56-33-24-31(27(43)22-28(33)44)46-29-12-13-45-30-23-35(34(57-2)21-26(29)30)58-19-6-14-48-15-17-49(18-16-48)38(52)9-3-4-20-59-36-8-5-7-25-39(36)42(55)50(41(25)54)32-10-11-37(51)47-40(32)53/h5,7-8,12-13,21-24,32H,3-4,6,9-11,14-20H2,1-2H3,(H,45,46)(H,47,51,53). The molecule has 0 radical (unpaired) electrons. The highest BCUT2D eigenvalue weighted by atomic mass is 35.5. The lowest BCUT2D eigenvalue weighted by atomic mass is 10.0. The van der Waals surface area contributed by atoms with Crippen molar-refractivity contribution in [1.29, 1.82) is 0 Å². The van der Waals surface area contributed by atoms with Gasteiger partial charge in [-0.25, -0.2) is 0 Å². The van der Waals surface area contributed by atoms with Crippen LogP contribution in [-0.2, 0) is 14.4 Å². The molecule has 2 saturated heterocycles. The molecule has 5 amide bonds. The third-order valence-corrected chi connectivity index (χ3v) is 12.4. The Hall–Kier alpha value is -5.09. The highest BCUT2D eigenvalue weighted by Crippen LogP contribution is 2.40. The minimum atomic E-state index is -1.00. The maximum Gasteiger partial charge on any atom is 0.263 e. The number of halogens is 2. The lowest BCUT2D eigenvalue weighted by Crippen LogP contribution is -2.54. The van der Waals surface area contributed by atoms with Crippen LogP contribution >= 0.6 is 35.0 Å². The molecule has 2 N–H and O–H groups in total. The van der Waals surface area contributed by atoms with Crippen molar-refractivity contribution in [2.24, 2.45) is 0 Å². The molecule has 1 unspecified atom stereocenters. The molecule has 14 nitrogen and oxygen atoms in total. The summed E-state index contributed by atoms with van der Waals surface area (Å²) < 4.78 is 17.2. The zero-order chi connectivity index (χ0) is 41.6. The van der Waals surface area contributed by atoms with Crippen LogP contribution in [0, 0.1) is 0 Å². The average Bonchev–Trinajstić information content (AvgIpc) is 3.49. The minimum absolute atomic E-state index is 0.0698. The average molecular weight is 864 g/mol. The molecule has 4 aromatic rings. The molecular weight excluding hydrogens is 819 g/mol. The van der Waals surface area contributed by atoms with Crippen LogP contribution in [0.3, 0.4) is 0 Å². The largest absolute Gasteiger partial charge is 0.495 e. The van der Waals surface area contributed by atoms with Crippen molar-refractivity contribution in [2.45, 2.75) is 49.5 Å². The highest BCUT2D eigenvalue weighted by Gasteiger charge is 2.45. The Labute approximate surface area is 355 Å². The van der Waals surface area contributed by atoms with Crippen LogP contribution < -0.4 is 24.8 Å². The number of carbonyl (C=O) groups is 5. The first-order valence-electron chi connectivity index (χ1n) is 19.4. The molecule has 0 saturated carbocycles. The molecule has 310 valence electrons. The number of aromatic nitrogens is 1. The summed E-state index contributed by atoms with van der Waals surface area (Å²) in [5.74, 6) is 0.386. The molecule has 3 aliphatic heterocycles. The number of amides is 5. The number of piperidine rings is 1. The predicted molar refractivity (Wildman–Crippen MR) is 225 cm³/mol. The van der Waals surface area contributed by atoms with Gasteiger partial charge in [-0.05, 0) is 61.8 Å². The third kappa shape index (κ3) is 9.38. The highest BCUT2D eigenvalue weighted by molar-refractivity contribution is 7.99. The van der Waals surface area contributed by atoms with E-state index in [1.54, 1.807) is 50.7 Å². The first-order valence-corrected chi connectivity index (χ1v) is 21.2. The molecule has 1 atom stereocenters. The molecular formula is C42H44Cl2N6O8S. The van der Waals surface area contributed by atoms with Gasteiger partial charge in [0.2, 0.25) is 17.7 Å². The molecule has 2 fully saturated rings. The molecule has 0 bridgehead atoms. The van der Waals surface area contributed by atoms with Crippen molar-refractivity contribution >= 4 is 86.8 Å². The van der Waals surface area contributed by atoms with Gasteiger partial charge in [-0.15, -0.1) is 11.8 Å². The topological polar surface area (TPSA) is 160 Å². The van der Waals surface area contributed by atoms with Crippen molar-refractivity contribution in [3.8, 4) is 17.2 Å². The number of nitrogens with zero attached hydrogens (tertiary/aromatic N) is 4. The number of pyridine rings is 1. The normalized spacial score (nSPS) is 17.0. The zero-order valence-electron chi connectivity index (χ0n) is 32.7. The van der Waals surface area contributed by atoms with Crippen LogP contribution in [-0.4, -0.2) is 115 Å². The molecule has 3 aliphatic rings. The monoisotopic (exact) mass is 862 g/mol. The van der Waals surface area contributed by atoms with E-state index in [9.17, 15) is 24.0 Å². The first-order chi connectivity index (χ1) is 28.6. The van der Waals surface area contributed by atoms with Crippen LogP contribution in [0.5, 0.6) is 17.2 Å². The van der Waals surface area contributed by atoms with Gasteiger partial charge in [-0.1, -0.05) is 29.3 Å². The van der Waals surface area contributed by atoms with Gasteiger partial charge in [0.15, 0.2) is 11.5 Å². The van der Waals surface area contributed by atoms with E-state index in [1.807, 2.05) is 23.1 Å². The quantitative estimate of drug-likeness (QED) is 0.0709. The van der Waals surface area contributed by atoms with Crippen LogP contribution in [0.2, 0.25) is 10.0 Å². The van der Waals surface area contributed by atoms with E-state index in [4.69, 9.17) is 37.4 Å². The zero-order valence-corrected chi connectivity index (χ0v) is 35.0. The number of methoxy groups -OCH3 is 2. The maximum atomic E-state index is 13.4. The lowest BCUT2D eigenvalue weighted by Gasteiger charge is -2.34. The summed E-state index contributed by atoms with van der Waals surface area (Å²) in [4.78, 5) is 74.0. The van der Waals surface area contributed by atoms with Crippen LogP contribution in [0.1, 0.15) is 59.2 Å². The summed E-state index contributed by atoms with van der Waals surface area (Å²) in [6.07, 6.45) is 4.57. The maximum absolute atomic E-state index is 13.4. The Morgan fingerprint density at radius 2 is 1.69 bits per heavy atom. The van der Waals surface area contributed by atoms with E-state index in [2.05, 4.69) is 20.5 Å². The molecule has 59 heavy (non-hydrogen) atoms. The van der Waals surface area contributed by atoms with Crippen LogP contribution in [0.15, 0.2) is 59.6 Å². The number of piperazine rings is 1. The van der Waals surface area contributed by atoms with E-state index < -0.39 is 29.7 Å². The molecule has 4 heterocycles. The summed E-state index contributed by atoms with van der Waals surface area (Å²) in [7, 11) is 3.14. The van der Waals surface area contributed by atoms with Gasteiger partial charge in [0.25, 0.3) is 11.8 Å². The van der Waals surface area contributed by atoms with E-state index in [-0.39, 0.29) is 24.3 Å². The van der Waals surface area contributed by atoms with E-state index in [0.29, 0.717) is 81.7 Å². The second-order valence-electron chi connectivity index (χ2n) is 14.3. The van der Waals surface area contributed by atoms with Gasteiger partial charge in [-0.3, -0.25) is 44.1 Å². The number of benzene rings is 3. The fraction of sp³-hybridized carbons (Fsp3) is 0.381. The second kappa shape index (κ2) is 18.9. The summed E-state index contributed by atoms with van der Waals surface area (Å²) in [5, 5.41) is 7.26. The van der Waals surface area contributed by atoms with Crippen molar-refractivity contribution in [2.75, 3.05) is 64.6 Å². The molecule has 0 spiro atoms. The van der Waals surface area contributed by atoms with E-state index >= 15 is 0 Å². The van der Waals surface area contributed by atoms with Crippen molar-refractivity contribution in [1.82, 2.24) is 25.0 Å². The second-order valence-corrected chi connectivity index (χ2v) is 16.3. The molecule has 0 aliphatic carbocycles. The number of ether oxygens (including phenoxy) is 3. The van der Waals surface area contributed by atoms with Crippen LogP contribution in [0.25, 0.3) is 10.9 Å². The summed E-state index contributed by atoms with van der Waals surface area (Å²) >= 11 is 14.2. The number of hydrogen-bond acceptors (Lipinski definition) is 12. The smallest absolute Gasteiger partial charge is 0.263 e.